The van der Waals surface area contributed by atoms with Crippen LogP contribution in [0.2, 0.25) is 0 Å². The fraction of sp³-hybridized carbons (Fsp3) is 0.692. The Morgan fingerprint density at radius 2 is 2.00 bits per heavy atom. The van der Waals surface area contributed by atoms with Crippen LogP contribution in [-0.4, -0.2) is 27.3 Å². The molecular formula is C13H21NO2. The van der Waals surface area contributed by atoms with Crippen molar-refractivity contribution < 1.29 is 9.47 Å². The zero-order valence-electron chi connectivity index (χ0n) is 10.4. The maximum atomic E-state index is 5.39. The molecule has 0 amide bonds. The first-order chi connectivity index (χ1) is 7.78. The third-order valence-corrected chi connectivity index (χ3v) is 3.77. The SMILES string of the molecule is CNC1CCC2CC(OC)=C(OC)C=C2C1. The molecule has 0 aliphatic heterocycles. The van der Waals surface area contributed by atoms with Crippen LogP contribution in [0.4, 0.5) is 0 Å². The van der Waals surface area contributed by atoms with E-state index in [2.05, 4.69) is 11.4 Å². The molecule has 90 valence electrons. The summed E-state index contributed by atoms with van der Waals surface area (Å²) in [5.74, 6) is 2.57. The van der Waals surface area contributed by atoms with Crippen molar-refractivity contribution in [1.82, 2.24) is 5.32 Å². The molecule has 0 aromatic heterocycles. The number of hydrogen-bond acceptors (Lipinski definition) is 3. The molecule has 2 unspecified atom stereocenters. The normalized spacial score (nSPS) is 29.6. The fourth-order valence-electron chi connectivity index (χ4n) is 2.73. The lowest BCUT2D eigenvalue weighted by Gasteiger charge is -2.34. The van der Waals surface area contributed by atoms with Gasteiger partial charge >= 0.3 is 0 Å². The number of fused-ring (bicyclic) bond motifs is 1. The van der Waals surface area contributed by atoms with Crippen LogP contribution in [0.5, 0.6) is 0 Å². The minimum Gasteiger partial charge on any atom is -0.497 e. The molecule has 16 heavy (non-hydrogen) atoms. The minimum atomic E-state index is 0.629. The van der Waals surface area contributed by atoms with Crippen molar-refractivity contribution >= 4 is 0 Å². The monoisotopic (exact) mass is 223 g/mol. The summed E-state index contributed by atoms with van der Waals surface area (Å²) in [5, 5.41) is 3.37. The Hall–Kier alpha value is -0.960. The van der Waals surface area contributed by atoms with Gasteiger partial charge in [-0.05, 0) is 38.3 Å². The molecule has 2 aliphatic carbocycles. The van der Waals surface area contributed by atoms with E-state index in [0.29, 0.717) is 12.0 Å². The predicted octanol–water partition coefficient (Wildman–Crippen LogP) is 2.21. The van der Waals surface area contributed by atoms with Gasteiger partial charge in [0.15, 0.2) is 5.76 Å². The van der Waals surface area contributed by atoms with Crippen LogP contribution < -0.4 is 5.32 Å². The van der Waals surface area contributed by atoms with Gasteiger partial charge in [-0.2, -0.15) is 0 Å². The molecule has 2 atom stereocenters. The van der Waals surface area contributed by atoms with Crippen molar-refractivity contribution in [3.63, 3.8) is 0 Å². The molecule has 0 aromatic rings. The van der Waals surface area contributed by atoms with Crippen LogP contribution in [-0.2, 0) is 9.47 Å². The van der Waals surface area contributed by atoms with Crippen molar-refractivity contribution in [1.29, 1.82) is 0 Å². The molecule has 0 spiro atoms. The van der Waals surface area contributed by atoms with E-state index in [0.717, 1.165) is 24.4 Å². The summed E-state index contributed by atoms with van der Waals surface area (Å²) in [6, 6.07) is 0.629. The lowest BCUT2D eigenvalue weighted by molar-refractivity contribution is 0.199. The Morgan fingerprint density at radius 1 is 1.19 bits per heavy atom. The van der Waals surface area contributed by atoms with E-state index in [9.17, 15) is 0 Å². The second kappa shape index (κ2) is 4.91. The summed E-state index contributed by atoms with van der Waals surface area (Å²) in [6.07, 6.45) is 6.84. The summed E-state index contributed by atoms with van der Waals surface area (Å²) in [4.78, 5) is 0. The molecule has 0 heterocycles. The van der Waals surface area contributed by atoms with Gasteiger partial charge in [-0.3, -0.25) is 0 Å². The summed E-state index contributed by atoms with van der Waals surface area (Å²) in [6.45, 7) is 0. The highest BCUT2D eigenvalue weighted by atomic mass is 16.5. The average Bonchev–Trinajstić information content (AvgIpc) is 2.36. The topological polar surface area (TPSA) is 30.5 Å². The number of nitrogens with one attached hydrogen (secondary N) is 1. The first kappa shape index (κ1) is 11.5. The highest BCUT2D eigenvalue weighted by Crippen LogP contribution is 2.39. The summed E-state index contributed by atoms with van der Waals surface area (Å²) in [7, 11) is 5.48. The van der Waals surface area contributed by atoms with Crippen molar-refractivity contribution in [2.45, 2.75) is 31.7 Å². The van der Waals surface area contributed by atoms with Crippen LogP contribution in [0, 0.1) is 5.92 Å². The van der Waals surface area contributed by atoms with Gasteiger partial charge in [0.25, 0.3) is 0 Å². The van der Waals surface area contributed by atoms with Crippen LogP contribution in [0.25, 0.3) is 0 Å². The molecule has 1 saturated carbocycles. The maximum absolute atomic E-state index is 5.39. The Balaban J connectivity index is 2.18. The highest BCUT2D eigenvalue weighted by Gasteiger charge is 2.30. The molecule has 0 saturated heterocycles. The Bertz CT molecular complexity index is 320. The maximum Gasteiger partial charge on any atom is 0.156 e. The largest absolute Gasteiger partial charge is 0.497 e. The summed E-state index contributed by atoms with van der Waals surface area (Å²) >= 11 is 0. The zero-order valence-corrected chi connectivity index (χ0v) is 10.4. The van der Waals surface area contributed by atoms with Crippen LogP contribution in [0.3, 0.4) is 0 Å². The third-order valence-electron chi connectivity index (χ3n) is 3.77. The number of methoxy groups -OCH3 is 2. The van der Waals surface area contributed by atoms with E-state index in [1.54, 1.807) is 14.2 Å². The number of ether oxygens (including phenoxy) is 2. The van der Waals surface area contributed by atoms with Gasteiger partial charge in [0.2, 0.25) is 0 Å². The average molecular weight is 223 g/mol. The van der Waals surface area contributed by atoms with E-state index in [4.69, 9.17) is 9.47 Å². The molecule has 0 bridgehead atoms. The summed E-state index contributed by atoms with van der Waals surface area (Å²) < 4.78 is 10.8. The third kappa shape index (κ3) is 2.09. The first-order valence-corrected chi connectivity index (χ1v) is 5.97. The molecule has 2 rings (SSSR count). The van der Waals surface area contributed by atoms with Crippen LogP contribution in [0.15, 0.2) is 23.2 Å². The zero-order chi connectivity index (χ0) is 11.5. The van der Waals surface area contributed by atoms with E-state index in [-0.39, 0.29) is 0 Å². The highest BCUT2D eigenvalue weighted by molar-refractivity contribution is 5.30. The molecule has 2 aliphatic rings. The molecule has 0 aromatic carbocycles. The second-order valence-corrected chi connectivity index (χ2v) is 4.58. The van der Waals surface area contributed by atoms with Crippen molar-refractivity contribution in [3.8, 4) is 0 Å². The van der Waals surface area contributed by atoms with E-state index >= 15 is 0 Å². The van der Waals surface area contributed by atoms with Gasteiger partial charge in [-0.1, -0.05) is 5.57 Å². The lowest BCUT2D eigenvalue weighted by Crippen LogP contribution is -2.32. The van der Waals surface area contributed by atoms with Crippen molar-refractivity contribution in [3.05, 3.63) is 23.2 Å². The van der Waals surface area contributed by atoms with Crippen molar-refractivity contribution in [2.24, 2.45) is 5.92 Å². The van der Waals surface area contributed by atoms with Gasteiger partial charge in [-0.25, -0.2) is 0 Å². The molecule has 1 fully saturated rings. The Kier molecular flexibility index (Phi) is 3.54. The van der Waals surface area contributed by atoms with Crippen LogP contribution in [0.1, 0.15) is 25.7 Å². The predicted molar refractivity (Wildman–Crippen MR) is 63.9 cm³/mol. The molecule has 0 radical (unpaired) electrons. The van der Waals surface area contributed by atoms with E-state index < -0.39 is 0 Å². The van der Waals surface area contributed by atoms with Gasteiger partial charge in [0.05, 0.1) is 14.2 Å². The first-order valence-electron chi connectivity index (χ1n) is 5.97. The van der Waals surface area contributed by atoms with Crippen molar-refractivity contribution in [2.75, 3.05) is 21.3 Å². The van der Waals surface area contributed by atoms with E-state index in [1.807, 2.05) is 7.05 Å². The molecular weight excluding hydrogens is 202 g/mol. The number of hydrogen-bond donors (Lipinski definition) is 1. The quantitative estimate of drug-likeness (QED) is 0.795. The number of rotatable bonds is 3. The molecule has 1 N–H and O–H groups in total. The minimum absolute atomic E-state index is 0.629. The Morgan fingerprint density at radius 3 is 2.62 bits per heavy atom. The number of allylic oxidation sites excluding steroid dienone is 2. The van der Waals surface area contributed by atoms with Gasteiger partial charge in [0.1, 0.15) is 5.76 Å². The lowest BCUT2D eigenvalue weighted by atomic mass is 9.77. The fourth-order valence-corrected chi connectivity index (χ4v) is 2.73. The Labute approximate surface area is 97.5 Å². The smallest absolute Gasteiger partial charge is 0.156 e. The van der Waals surface area contributed by atoms with E-state index in [1.165, 1.54) is 18.4 Å². The molecule has 3 heteroatoms. The van der Waals surface area contributed by atoms with Gasteiger partial charge in [0, 0.05) is 12.5 Å². The van der Waals surface area contributed by atoms with Gasteiger partial charge < -0.3 is 14.8 Å². The second-order valence-electron chi connectivity index (χ2n) is 4.58. The molecule has 3 nitrogen and oxygen atoms in total. The summed E-state index contributed by atoms with van der Waals surface area (Å²) in [5.41, 5.74) is 1.52. The van der Waals surface area contributed by atoms with Crippen LogP contribution >= 0.6 is 0 Å². The van der Waals surface area contributed by atoms with Gasteiger partial charge in [-0.15, -0.1) is 0 Å². The standard InChI is InChI=1S/C13H21NO2/c1-14-11-5-4-9-7-12(15-2)13(16-3)8-10(9)6-11/h8-9,11,14H,4-7H2,1-3H3.